The van der Waals surface area contributed by atoms with Crippen molar-refractivity contribution in [1.29, 1.82) is 5.26 Å². The summed E-state index contributed by atoms with van der Waals surface area (Å²) in [5.41, 5.74) is -0.451. The molecule has 1 unspecified atom stereocenters. The van der Waals surface area contributed by atoms with Crippen molar-refractivity contribution in [1.82, 2.24) is 4.72 Å². The summed E-state index contributed by atoms with van der Waals surface area (Å²) in [5, 5.41) is 8.84. The molecule has 1 atom stereocenters. The summed E-state index contributed by atoms with van der Waals surface area (Å²) in [7, 11) is -3.86. The molecule has 104 valence electrons. The number of rotatable bonds is 6. The SMILES string of the molecule is CSCC(C)CNS(=O)(=O)c1cccc(F)c1C#N. The average molecular weight is 302 g/mol. The summed E-state index contributed by atoms with van der Waals surface area (Å²) in [4.78, 5) is -0.314. The molecule has 0 saturated carbocycles. The van der Waals surface area contributed by atoms with E-state index in [0.29, 0.717) is 0 Å². The molecule has 1 N–H and O–H groups in total. The molecule has 4 nitrogen and oxygen atoms in total. The normalized spacial score (nSPS) is 12.9. The van der Waals surface area contributed by atoms with E-state index in [1.165, 1.54) is 12.1 Å². The second kappa shape index (κ2) is 6.89. The van der Waals surface area contributed by atoms with Crippen molar-refractivity contribution in [2.45, 2.75) is 11.8 Å². The van der Waals surface area contributed by atoms with Crippen molar-refractivity contribution in [3.63, 3.8) is 0 Å². The zero-order chi connectivity index (χ0) is 14.5. The van der Waals surface area contributed by atoms with Crippen LogP contribution in [0.15, 0.2) is 23.1 Å². The highest BCUT2D eigenvalue weighted by molar-refractivity contribution is 7.98. The van der Waals surface area contributed by atoms with Crippen LogP contribution in [0.25, 0.3) is 0 Å². The van der Waals surface area contributed by atoms with Crippen molar-refractivity contribution in [2.24, 2.45) is 5.92 Å². The van der Waals surface area contributed by atoms with Gasteiger partial charge in [-0.1, -0.05) is 13.0 Å². The van der Waals surface area contributed by atoms with Crippen LogP contribution >= 0.6 is 11.8 Å². The molecular weight excluding hydrogens is 287 g/mol. The Morgan fingerprint density at radius 3 is 2.79 bits per heavy atom. The van der Waals surface area contributed by atoms with Crippen LogP contribution < -0.4 is 4.72 Å². The smallest absolute Gasteiger partial charge is 0.211 e. The fourth-order valence-corrected chi connectivity index (χ4v) is 3.53. The minimum atomic E-state index is -3.86. The van der Waals surface area contributed by atoms with Crippen LogP contribution in [-0.2, 0) is 10.0 Å². The summed E-state index contributed by atoms with van der Waals surface area (Å²) in [6.45, 7) is 2.17. The van der Waals surface area contributed by atoms with Crippen LogP contribution in [0.2, 0.25) is 0 Å². The Morgan fingerprint density at radius 2 is 2.21 bits per heavy atom. The maximum absolute atomic E-state index is 13.4. The fraction of sp³-hybridized carbons (Fsp3) is 0.417. The average Bonchev–Trinajstić information content (AvgIpc) is 2.36. The minimum absolute atomic E-state index is 0.156. The number of sulfonamides is 1. The van der Waals surface area contributed by atoms with Gasteiger partial charge in [0.1, 0.15) is 22.3 Å². The van der Waals surface area contributed by atoms with E-state index in [4.69, 9.17) is 5.26 Å². The highest BCUT2D eigenvalue weighted by atomic mass is 32.2. The summed E-state index contributed by atoms with van der Waals surface area (Å²) in [6, 6.07) is 5.15. The molecule has 0 aromatic heterocycles. The van der Waals surface area contributed by atoms with E-state index >= 15 is 0 Å². The van der Waals surface area contributed by atoms with Gasteiger partial charge in [-0.2, -0.15) is 17.0 Å². The third-order valence-electron chi connectivity index (χ3n) is 2.45. The van der Waals surface area contributed by atoms with Crippen molar-refractivity contribution >= 4 is 21.8 Å². The van der Waals surface area contributed by atoms with Gasteiger partial charge in [0.05, 0.1) is 0 Å². The standard InChI is InChI=1S/C12H15FN2O2S2/c1-9(8-18-2)7-15-19(16,17)12-5-3-4-11(13)10(12)6-14/h3-5,9,15H,7-8H2,1-2H3. The van der Waals surface area contributed by atoms with E-state index in [9.17, 15) is 12.8 Å². The lowest BCUT2D eigenvalue weighted by atomic mass is 10.2. The first-order chi connectivity index (χ1) is 8.92. The molecule has 7 heteroatoms. The Hall–Kier alpha value is -1.10. The molecule has 1 aromatic carbocycles. The van der Waals surface area contributed by atoms with Gasteiger partial charge in [0.2, 0.25) is 10.0 Å². The van der Waals surface area contributed by atoms with E-state index in [1.807, 2.05) is 13.2 Å². The minimum Gasteiger partial charge on any atom is -0.211 e. The predicted octanol–water partition coefficient (Wildman–Crippen LogP) is 1.97. The van der Waals surface area contributed by atoms with Gasteiger partial charge < -0.3 is 0 Å². The van der Waals surface area contributed by atoms with Crippen molar-refractivity contribution < 1.29 is 12.8 Å². The fourth-order valence-electron chi connectivity index (χ4n) is 1.51. The maximum Gasteiger partial charge on any atom is 0.242 e. The Kier molecular flexibility index (Phi) is 5.79. The van der Waals surface area contributed by atoms with Gasteiger partial charge in [-0.3, -0.25) is 0 Å². The van der Waals surface area contributed by atoms with E-state index < -0.39 is 21.4 Å². The zero-order valence-electron chi connectivity index (χ0n) is 10.7. The summed E-state index contributed by atoms with van der Waals surface area (Å²) in [6.07, 6.45) is 1.94. The molecule has 0 heterocycles. The molecule has 0 amide bonds. The number of benzene rings is 1. The van der Waals surface area contributed by atoms with Crippen LogP contribution in [-0.4, -0.2) is 27.0 Å². The summed E-state index contributed by atoms with van der Waals surface area (Å²) < 4.78 is 39.9. The number of nitriles is 1. The number of thioether (sulfide) groups is 1. The molecular formula is C12H15FN2O2S2. The molecule has 0 aliphatic rings. The molecule has 0 spiro atoms. The monoisotopic (exact) mass is 302 g/mol. The lowest BCUT2D eigenvalue weighted by Crippen LogP contribution is -2.30. The van der Waals surface area contributed by atoms with Crippen LogP contribution in [0.1, 0.15) is 12.5 Å². The number of hydrogen-bond donors (Lipinski definition) is 1. The van der Waals surface area contributed by atoms with Crippen LogP contribution in [0.5, 0.6) is 0 Å². The van der Waals surface area contributed by atoms with Gasteiger partial charge in [-0.05, 0) is 30.1 Å². The van der Waals surface area contributed by atoms with Crippen LogP contribution in [0.3, 0.4) is 0 Å². The topological polar surface area (TPSA) is 70.0 Å². The highest BCUT2D eigenvalue weighted by Gasteiger charge is 2.21. The van der Waals surface area contributed by atoms with E-state index in [-0.39, 0.29) is 17.4 Å². The molecule has 19 heavy (non-hydrogen) atoms. The lowest BCUT2D eigenvalue weighted by molar-refractivity contribution is 0.559. The van der Waals surface area contributed by atoms with Crippen molar-refractivity contribution in [3.05, 3.63) is 29.6 Å². The highest BCUT2D eigenvalue weighted by Crippen LogP contribution is 2.18. The number of hydrogen-bond acceptors (Lipinski definition) is 4. The molecule has 1 aromatic rings. The van der Waals surface area contributed by atoms with Gasteiger partial charge in [0.15, 0.2) is 0 Å². The Bertz CT molecular complexity index is 582. The third kappa shape index (κ3) is 4.20. The molecule has 1 rings (SSSR count). The largest absolute Gasteiger partial charge is 0.242 e. The van der Waals surface area contributed by atoms with Gasteiger partial charge >= 0.3 is 0 Å². The second-order valence-corrected chi connectivity index (χ2v) is 6.78. The summed E-state index contributed by atoms with van der Waals surface area (Å²) >= 11 is 1.62. The van der Waals surface area contributed by atoms with Crippen LogP contribution in [0, 0.1) is 23.1 Å². The van der Waals surface area contributed by atoms with Gasteiger partial charge in [-0.15, -0.1) is 0 Å². The van der Waals surface area contributed by atoms with Gasteiger partial charge in [-0.25, -0.2) is 17.5 Å². The third-order valence-corrected chi connectivity index (χ3v) is 4.82. The number of nitrogens with one attached hydrogen (secondary N) is 1. The molecule has 0 radical (unpaired) electrons. The van der Waals surface area contributed by atoms with Crippen molar-refractivity contribution in [3.8, 4) is 6.07 Å². The Balaban J connectivity index is 2.96. The maximum atomic E-state index is 13.4. The first kappa shape index (κ1) is 16.0. The quantitative estimate of drug-likeness (QED) is 0.872. The van der Waals surface area contributed by atoms with E-state index in [2.05, 4.69) is 4.72 Å². The van der Waals surface area contributed by atoms with Gasteiger partial charge in [0, 0.05) is 6.54 Å². The molecule has 0 aliphatic heterocycles. The van der Waals surface area contributed by atoms with Crippen molar-refractivity contribution in [2.75, 3.05) is 18.6 Å². The van der Waals surface area contributed by atoms with E-state index in [1.54, 1.807) is 17.8 Å². The zero-order valence-corrected chi connectivity index (χ0v) is 12.3. The first-order valence-electron chi connectivity index (χ1n) is 5.59. The summed E-state index contributed by atoms with van der Waals surface area (Å²) in [5.74, 6) is 0.142. The van der Waals surface area contributed by atoms with E-state index in [0.717, 1.165) is 11.8 Å². The Labute approximate surface area is 117 Å². The molecule has 0 saturated heterocycles. The molecule has 0 bridgehead atoms. The van der Waals surface area contributed by atoms with Gasteiger partial charge in [0.25, 0.3) is 0 Å². The Morgan fingerprint density at radius 1 is 1.53 bits per heavy atom. The first-order valence-corrected chi connectivity index (χ1v) is 8.47. The number of nitrogens with zero attached hydrogens (tertiary/aromatic N) is 1. The van der Waals surface area contributed by atoms with Crippen LogP contribution in [0.4, 0.5) is 4.39 Å². The lowest BCUT2D eigenvalue weighted by Gasteiger charge is -2.12. The molecule has 0 aliphatic carbocycles. The predicted molar refractivity (Wildman–Crippen MR) is 73.8 cm³/mol. The second-order valence-electron chi connectivity index (χ2n) is 4.14. The molecule has 0 fully saturated rings. The number of halogens is 1.